The number of aromatic carboxylic acids is 1. The zero-order chi connectivity index (χ0) is 15.2. The van der Waals surface area contributed by atoms with E-state index in [9.17, 15) is 9.59 Å². The third kappa shape index (κ3) is 3.89. The number of aryl methyl sites for hydroxylation is 1. The zero-order valence-corrected chi connectivity index (χ0v) is 11.4. The van der Waals surface area contributed by atoms with Crippen molar-refractivity contribution in [2.75, 3.05) is 12.4 Å². The van der Waals surface area contributed by atoms with E-state index in [1.165, 1.54) is 27.8 Å². The molecule has 2 heterocycles. The molecule has 9 heteroatoms. The van der Waals surface area contributed by atoms with Crippen molar-refractivity contribution < 1.29 is 19.4 Å². The molecule has 0 aliphatic rings. The van der Waals surface area contributed by atoms with Crippen LogP contribution >= 0.6 is 0 Å². The van der Waals surface area contributed by atoms with Crippen LogP contribution in [-0.2, 0) is 22.8 Å². The fourth-order valence-electron chi connectivity index (χ4n) is 1.75. The third-order valence-corrected chi connectivity index (χ3v) is 2.66. The molecule has 9 nitrogen and oxygen atoms in total. The maximum Gasteiger partial charge on any atom is 0.354 e. The molecule has 0 aromatic carbocycles. The Bertz CT molecular complexity index is 633. The molecule has 21 heavy (non-hydrogen) atoms. The molecule has 0 atom stereocenters. The number of rotatable bonds is 7. The molecule has 0 saturated carbocycles. The van der Waals surface area contributed by atoms with Gasteiger partial charge in [0.1, 0.15) is 12.4 Å². The first-order chi connectivity index (χ1) is 10.1. The molecule has 2 aromatic rings. The molecule has 0 unspecified atom stereocenters. The zero-order valence-electron chi connectivity index (χ0n) is 11.4. The number of hydrogen-bond acceptors (Lipinski definition) is 5. The highest BCUT2D eigenvalue weighted by molar-refractivity contribution is 5.90. The van der Waals surface area contributed by atoms with Gasteiger partial charge in [-0.1, -0.05) is 0 Å². The Morgan fingerprint density at radius 3 is 2.95 bits per heavy atom. The number of carboxylic acids is 1. The highest BCUT2D eigenvalue weighted by Gasteiger charge is 2.11. The van der Waals surface area contributed by atoms with Crippen LogP contribution in [0.3, 0.4) is 0 Å². The molecule has 0 bridgehead atoms. The summed E-state index contributed by atoms with van der Waals surface area (Å²) in [4.78, 5) is 22.7. The first-order valence-corrected chi connectivity index (χ1v) is 6.16. The van der Waals surface area contributed by atoms with E-state index in [1.54, 1.807) is 13.3 Å². The maximum absolute atomic E-state index is 11.8. The van der Waals surface area contributed by atoms with E-state index < -0.39 is 5.97 Å². The van der Waals surface area contributed by atoms with Crippen LogP contribution in [0.25, 0.3) is 0 Å². The Hall–Kier alpha value is -2.68. The minimum Gasteiger partial charge on any atom is -0.477 e. The second kappa shape index (κ2) is 6.66. The molecule has 0 radical (unpaired) electrons. The van der Waals surface area contributed by atoms with Crippen LogP contribution in [-0.4, -0.2) is 43.7 Å². The number of amides is 1. The van der Waals surface area contributed by atoms with Gasteiger partial charge in [-0.25, -0.2) is 9.48 Å². The van der Waals surface area contributed by atoms with Gasteiger partial charge in [0.2, 0.25) is 5.91 Å². The van der Waals surface area contributed by atoms with Crippen LogP contribution in [0.5, 0.6) is 0 Å². The lowest BCUT2D eigenvalue weighted by atomic mass is 10.3. The van der Waals surface area contributed by atoms with Gasteiger partial charge >= 0.3 is 5.97 Å². The molecule has 0 aliphatic heterocycles. The number of carbonyl (C=O) groups is 2. The largest absolute Gasteiger partial charge is 0.477 e. The summed E-state index contributed by atoms with van der Waals surface area (Å²) in [5.74, 6) is -1.33. The number of nitrogens with zero attached hydrogens (tertiary/aromatic N) is 4. The molecule has 0 saturated heterocycles. The highest BCUT2D eigenvalue weighted by atomic mass is 16.5. The van der Waals surface area contributed by atoms with E-state index in [2.05, 4.69) is 15.5 Å². The van der Waals surface area contributed by atoms with Crippen LogP contribution in [0.1, 0.15) is 16.9 Å². The second-order valence-electron chi connectivity index (χ2n) is 4.23. The fraction of sp³-hybridized carbons (Fsp3) is 0.333. The summed E-state index contributed by atoms with van der Waals surface area (Å²) in [7, 11) is 1.55. The van der Waals surface area contributed by atoms with Crippen molar-refractivity contribution in [3.8, 4) is 0 Å². The van der Waals surface area contributed by atoms with E-state index >= 15 is 0 Å². The molecule has 0 aliphatic carbocycles. The topological polar surface area (TPSA) is 111 Å². The number of carbonyl (C=O) groups excluding carboxylic acids is 1. The van der Waals surface area contributed by atoms with Gasteiger partial charge in [-0.05, 0) is 6.07 Å². The first kappa shape index (κ1) is 14.7. The molecular weight excluding hydrogens is 278 g/mol. The average molecular weight is 293 g/mol. The maximum atomic E-state index is 11.8. The number of nitrogens with one attached hydrogen (secondary N) is 1. The predicted molar refractivity (Wildman–Crippen MR) is 71.7 cm³/mol. The van der Waals surface area contributed by atoms with Gasteiger partial charge in [0.15, 0.2) is 0 Å². The van der Waals surface area contributed by atoms with Gasteiger partial charge in [0.25, 0.3) is 0 Å². The van der Waals surface area contributed by atoms with E-state index in [0.717, 1.165) is 0 Å². The summed E-state index contributed by atoms with van der Waals surface area (Å²) >= 11 is 0. The summed E-state index contributed by atoms with van der Waals surface area (Å²) in [5, 5.41) is 19.4. The SMILES string of the molecule is COCn1cc(NC(=O)CCn2nccc2C(=O)O)cn1. The lowest BCUT2D eigenvalue weighted by Gasteiger charge is -2.05. The van der Waals surface area contributed by atoms with Gasteiger partial charge in [0, 0.05) is 19.7 Å². The van der Waals surface area contributed by atoms with Gasteiger partial charge in [-0.15, -0.1) is 0 Å². The Morgan fingerprint density at radius 1 is 1.43 bits per heavy atom. The summed E-state index contributed by atoms with van der Waals surface area (Å²) in [6, 6.07) is 1.38. The number of anilines is 1. The van der Waals surface area contributed by atoms with Gasteiger partial charge in [0.05, 0.1) is 24.6 Å². The Labute approximate surface area is 120 Å². The molecule has 1 amide bonds. The predicted octanol–water partition coefficient (Wildman–Crippen LogP) is 0.410. The van der Waals surface area contributed by atoms with E-state index in [4.69, 9.17) is 9.84 Å². The summed E-state index contributed by atoms with van der Waals surface area (Å²) in [5.41, 5.74) is 0.603. The second-order valence-corrected chi connectivity index (χ2v) is 4.23. The molecule has 0 fully saturated rings. The minimum absolute atomic E-state index is 0.0516. The van der Waals surface area contributed by atoms with Crippen LogP contribution in [0.15, 0.2) is 24.7 Å². The standard InChI is InChI=1S/C12H15N5O4/c1-21-8-16-7-9(6-14-16)15-11(18)3-5-17-10(12(19)20)2-4-13-17/h2,4,6-7H,3,5,8H2,1H3,(H,15,18)(H,19,20). The molecule has 2 rings (SSSR count). The first-order valence-electron chi connectivity index (χ1n) is 6.16. The Kier molecular flexibility index (Phi) is 4.67. The van der Waals surface area contributed by atoms with Crippen LogP contribution in [0.4, 0.5) is 5.69 Å². The quantitative estimate of drug-likeness (QED) is 0.765. The van der Waals surface area contributed by atoms with Crippen LogP contribution in [0, 0.1) is 0 Å². The van der Waals surface area contributed by atoms with E-state index in [-0.39, 0.29) is 24.6 Å². The summed E-state index contributed by atoms with van der Waals surface area (Å²) in [6.45, 7) is 0.484. The average Bonchev–Trinajstić information content (AvgIpc) is 3.06. The number of carboxylic acid groups (broad SMARTS) is 1. The molecular formula is C12H15N5O4. The lowest BCUT2D eigenvalue weighted by Crippen LogP contribution is -2.17. The van der Waals surface area contributed by atoms with Crippen molar-refractivity contribution in [3.05, 3.63) is 30.4 Å². The molecule has 112 valence electrons. The molecule has 0 spiro atoms. The number of methoxy groups -OCH3 is 1. The van der Waals surface area contributed by atoms with Crippen LogP contribution < -0.4 is 5.32 Å². The third-order valence-electron chi connectivity index (χ3n) is 2.66. The van der Waals surface area contributed by atoms with Gasteiger partial charge in [-0.3, -0.25) is 9.48 Å². The smallest absolute Gasteiger partial charge is 0.354 e. The normalized spacial score (nSPS) is 10.5. The van der Waals surface area contributed by atoms with Crippen molar-refractivity contribution in [2.45, 2.75) is 19.7 Å². The number of hydrogen-bond donors (Lipinski definition) is 2. The molecule has 2 N–H and O–H groups in total. The fourth-order valence-corrected chi connectivity index (χ4v) is 1.75. The number of ether oxygens (including phenoxy) is 1. The van der Waals surface area contributed by atoms with Crippen molar-refractivity contribution >= 4 is 17.6 Å². The Balaban J connectivity index is 1.86. The van der Waals surface area contributed by atoms with Crippen molar-refractivity contribution in [1.82, 2.24) is 19.6 Å². The van der Waals surface area contributed by atoms with Crippen LogP contribution in [0.2, 0.25) is 0 Å². The van der Waals surface area contributed by atoms with Gasteiger partial charge in [-0.2, -0.15) is 10.2 Å². The summed E-state index contributed by atoms with van der Waals surface area (Å²) < 4.78 is 7.71. The van der Waals surface area contributed by atoms with Crippen molar-refractivity contribution in [1.29, 1.82) is 0 Å². The van der Waals surface area contributed by atoms with Crippen molar-refractivity contribution in [3.63, 3.8) is 0 Å². The number of aromatic nitrogens is 4. The monoisotopic (exact) mass is 293 g/mol. The van der Waals surface area contributed by atoms with Gasteiger partial charge < -0.3 is 15.2 Å². The molecule has 2 aromatic heterocycles. The van der Waals surface area contributed by atoms with E-state index in [0.29, 0.717) is 12.4 Å². The van der Waals surface area contributed by atoms with E-state index in [1.807, 2.05) is 0 Å². The van der Waals surface area contributed by atoms with Crippen molar-refractivity contribution in [2.24, 2.45) is 0 Å². The summed E-state index contributed by atoms with van der Waals surface area (Å²) in [6.07, 6.45) is 4.64. The lowest BCUT2D eigenvalue weighted by molar-refractivity contribution is -0.116. The highest BCUT2D eigenvalue weighted by Crippen LogP contribution is 2.06. The Morgan fingerprint density at radius 2 is 2.24 bits per heavy atom. The minimum atomic E-state index is -1.08.